The van der Waals surface area contributed by atoms with E-state index in [0.29, 0.717) is 13.0 Å². The third kappa shape index (κ3) is 2.46. The molecule has 1 amide bonds. The number of carbonyl (C=O) groups is 1. The summed E-state index contributed by atoms with van der Waals surface area (Å²) in [6.07, 6.45) is 0.705. The monoisotopic (exact) mass is 275 g/mol. The van der Waals surface area contributed by atoms with Gasteiger partial charge in [0.25, 0.3) is 0 Å². The fraction of sp³-hybridized carbons (Fsp3) is 0.333. The summed E-state index contributed by atoms with van der Waals surface area (Å²) in [7, 11) is 0. The van der Waals surface area contributed by atoms with Crippen LogP contribution in [-0.2, 0) is 11.3 Å². The minimum absolute atomic E-state index is 0.0504. The standard InChI is InChI=1S/C12H13N5OS/c1-8-14-15-16-17(8)7-6-11-12(18)13-9-4-2-3-5-10(9)19-11/h2-5,11H,6-7H2,1H3,(H,13,18). The molecule has 1 unspecified atom stereocenters. The minimum Gasteiger partial charge on any atom is -0.324 e. The van der Waals surface area contributed by atoms with Crippen LogP contribution in [0, 0.1) is 6.92 Å². The number of amides is 1. The minimum atomic E-state index is -0.0986. The van der Waals surface area contributed by atoms with Crippen molar-refractivity contribution >= 4 is 23.4 Å². The highest BCUT2D eigenvalue weighted by Gasteiger charge is 2.26. The van der Waals surface area contributed by atoms with E-state index in [9.17, 15) is 4.79 Å². The third-order valence-electron chi connectivity index (χ3n) is 3.02. The van der Waals surface area contributed by atoms with Gasteiger partial charge in [0.2, 0.25) is 5.91 Å². The molecule has 6 nitrogen and oxygen atoms in total. The van der Waals surface area contributed by atoms with Crippen LogP contribution >= 0.6 is 11.8 Å². The molecular weight excluding hydrogens is 262 g/mol. The van der Waals surface area contributed by atoms with Crippen LogP contribution in [0.2, 0.25) is 0 Å². The highest BCUT2D eigenvalue weighted by molar-refractivity contribution is 8.01. The molecule has 98 valence electrons. The number of fused-ring (bicyclic) bond motifs is 1. The van der Waals surface area contributed by atoms with Crippen LogP contribution in [0.5, 0.6) is 0 Å². The summed E-state index contributed by atoms with van der Waals surface area (Å²) < 4.78 is 1.72. The molecule has 3 rings (SSSR count). The Bertz CT molecular complexity index is 612. The Kier molecular flexibility index (Phi) is 3.20. The maximum atomic E-state index is 12.0. The summed E-state index contributed by atoms with van der Waals surface area (Å²) >= 11 is 1.60. The summed E-state index contributed by atoms with van der Waals surface area (Å²) in [5.74, 6) is 0.816. The number of tetrazole rings is 1. The largest absolute Gasteiger partial charge is 0.324 e. The van der Waals surface area contributed by atoms with Crippen LogP contribution in [0.4, 0.5) is 5.69 Å². The molecular formula is C12H13N5OS. The number of anilines is 1. The molecule has 0 saturated carbocycles. The van der Waals surface area contributed by atoms with E-state index in [0.717, 1.165) is 16.4 Å². The number of hydrogen-bond acceptors (Lipinski definition) is 5. The van der Waals surface area contributed by atoms with E-state index in [-0.39, 0.29) is 11.2 Å². The van der Waals surface area contributed by atoms with Gasteiger partial charge in [0.1, 0.15) is 5.82 Å². The molecule has 19 heavy (non-hydrogen) atoms. The number of nitrogens with one attached hydrogen (secondary N) is 1. The molecule has 0 bridgehead atoms. The van der Waals surface area contributed by atoms with Crippen molar-refractivity contribution in [2.24, 2.45) is 0 Å². The molecule has 1 aromatic heterocycles. The van der Waals surface area contributed by atoms with Crippen LogP contribution in [0.1, 0.15) is 12.2 Å². The normalized spacial score (nSPS) is 17.9. The molecule has 1 aliphatic rings. The summed E-state index contributed by atoms with van der Waals surface area (Å²) in [5, 5.41) is 14.1. The molecule has 1 atom stereocenters. The van der Waals surface area contributed by atoms with E-state index in [1.165, 1.54) is 0 Å². The van der Waals surface area contributed by atoms with Crippen LogP contribution in [0.3, 0.4) is 0 Å². The van der Waals surface area contributed by atoms with Gasteiger partial charge in [-0.05, 0) is 35.9 Å². The van der Waals surface area contributed by atoms with Crippen molar-refractivity contribution in [3.8, 4) is 0 Å². The lowest BCUT2D eigenvalue weighted by Gasteiger charge is -2.23. The number of carbonyl (C=O) groups excluding carboxylic acids is 1. The van der Waals surface area contributed by atoms with Gasteiger partial charge in [0.15, 0.2) is 0 Å². The Morgan fingerprint density at radius 1 is 1.42 bits per heavy atom. The molecule has 1 aliphatic heterocycles. The summed E-state index contributed by atoms with van der Waals surface area (Å²) in [6, 6.07) is 7.84. The zero-order valence-electron chi connectivity index (χ0n) is 10.4. The van der Waals surface area contributed by atoms with Crippen molar-refractivity contribution in [1.29, 1.82) is 0 Å². The lowest BCUT2D eigenvalue weighted by atomic mass is 10.2. The second kappa shape index (κ2) is 5.00. The Hall–Kier alpha value is -1.89. The average Bonchev–Trinajstić information content (AvgIpc) is 2.82. The van der Waals surface area contributed by atoms with Gasteiger partial charge in [0.05, 0.1) is 10.9 Å². The summed E-state index contributed by atoms with van der Waals surface area (Å²) in [5.41, 5.74) is 0.896. The predicted molar refractivity (Wildman–Crippen MR) is 71.9 cm³/mol. The maximum absolute atomic E-state index is 12.0. The van der Waals surface area contributed by atoms with Gasteiger partial charge in [-0.25, -0.2) is 4.68 Å². The van der Waals surface area contributed by atoms with Gasteiger partial charge in [-0.2, -0.15) is 0 Å². The number of rotatable bonds is 3. The first kappa shape index (κ1) is 12.2. The molecule has 0 aliphatic carbocycles. The topological polar surface area (TPSA) is 72.7 Å². The SMILES string of the molecule is Cc1nnnn1CCC1Sc2ccccc2NC1=O. The first-order valence-electron chi connectivity index (χ1n) is 6.03. The van der Waals surface area contributed by atoms with Crippen LogP contribution in [0.25, 0.3) is 0 Å². The molecule has 2 heterocycles. The van der Waals surface area contributed by atoms with Crippen molar-refractivity contribution in [2.45, 2.75) is 30.0 Å². The van der Waals surface area contributed by atoms with Crippen molar-refractivity contribution in [3.63, 3.8) is 0 Å². The molecule has 2 aromatic rings. The smallest absolute Gasteiger partial charge is 0.237 e. The Morgan fingerprint density at radius 3 is 3.05 bits per heavy atom. The van der Waals surface area contributed by atoms with Gasteiger partial charge in [0, 0.05) is 11.4 Å². The van der Waals surface area contributed by atoms with Gasteiger partial charge >= 0.3 is 0 Å². The maximum Gasteiger partial charge on any atom is 0.237 e. The quantitative estimate of drug-likeness (QED) is 0.918. The molecule has 0 saturated heterocycles. The Morgan fingerprint density at radius 2 is 2.26 bits per heavy atom. The van der Waals surface area contributed by atoms with E-state index < -0.39 is 0 Å². The lowest BCUT2D eigenvalue weighted by Crippen LogP contribution is -2.30. The van der Waals surface area contributed by atoms with Crippen LogP contribution in [0.15, 0.2) is 29.2 Å². The van der Waals surface area contributed by atoms with Crippen molar-refractivity contribution < 1.29 is 4.79 Å². The Balaban J connectivity index is 1.70. The van der Waals surface area contributed by atoms with E-state index in [1.807, 2.05) is 31.2 Å². The molecule has 0 fully saturated rings. The average molecular weight is 275 g/mol. The highest BCUT2D eigenvalue weighted by Crippen LogP contribution is 2.36. The second-order valence-corrected chi connectivity index (χ2v) is 5.57. The van der Waals surface area contributed by atoms with Crippen molar-refractivity contribution in [3.05, 3.63) is 30.1 Å². The van der Waals surface area contributed by atoms with E-state index in [2.05, 4.69) is 20.8 Å². The lowest BCUT2D eigenvalue weighted by molar-refractivity contribution is -0.116. The number of benzene rings is 1. The van der Waals surface area contributed by atoms with Crippen LogP contribution in [-0.4, -0.2) is 31.4 Å². The van der Waals surface area contributed by atoms with E-state index >= 15 is 0 Å². The highest BCUT2D eigenvalue weighted by atomic mass is 32.2. The molecule has 1 N–H and O–H groups in total. The van der Waals surface area contributed by atoms with Gasteiger partial charge < -0.3 is 5.32 Å². The fourth-order valence-corrected chi connectivity index (χ4v) is 3.08. The number of aryl methyl sites for hydroxylation is 2. The zero-order valence-corrected chi connectivity index (χ0v) is 11.2. The number of hydrogen-bond donors (Lipinski definition) is 1. The van der Waals surface area contributed by atoms with Crippen molar-refractivity contribution in [2.75, 3.05) is 5.32 Å². The number of thioether (sulfide) groups is 1. The van der Waals surface area contributed by atoms with Gasteiger partial charge in [-0.3, -0.25) is 4.79 Å². The zero-order chi connectivity index (χ0) is 13.2. The van der Waals surface area contributed by atoms with Crippen molar-refractivity contribution in [1.82, 2.24) is 20.2 Å². The van der Waals surface area contributed by atoms with Gasteiger partial charge in [-0.1, -0.05) is 12.1 Å². The Labute approximate surface area is 114 Å². The first-order valence-corrected chi connectivity index (χ1v) is 6.91. The molecule has 0 spiro atoms. The number of para-hydroxylation sites is 1. The molecule has 7 heteroatoms. The predicted octanol–water partition coefficient (Wildman–Crippen LogP) is 1.48. The molecule has 1 aromatic carbocycles. The number of nitrogens with zero attached hydrogens (tertiary/aromatic N) is 4. The summed E-state index contributed by atoms with van der Waals surface area (Å²) in [4.78, 5) is 13.1. The van der Waals surface area contributed by atoms with E-state index in [1.54, 1.807) is 16.4 Å². The van der Waals surface area contributed by atoms with Gasteiger partial charge in [-0.15, -0.1) is 16.9 Å². The molecule has 0 radical (unpaired) electrons. The van der Waals surface area contributed by atoms with Crippen LogP contribution < -0.4 is 5.32 Å². The van der Waals surface area contributed by atoms with E-state index in [4.69, 9.17) is 0 Å². The second-order valence-electron chi connectivity index (χ2n) is 4.33. The summed E-state index contributed by atoms with van der Waals surface area (Å²) in [6.45, 7) is 2.50. The first-order chi connectivity index (χ1) is 9.24. The number of aromatic nitrogens is 4. The fourth-order valence-electron chi connectivity index (χ4n) is 1.98. The third-order valence-corrected chi connectivity index (χ3v) is 4.36.